The molecule has 5 rings (SSSR count). The molecule has 0 bridgehead atoms. The zero-order valence-electron chi connectivity index (χ0n) is 22.3. The number of hydrogen-bond donors (Lipinski definition) is 2. The SMILES string of the molecule is O=C(Nc1cccc(C(F)(F)F)c1)N1CCC(N2CCCC(Nc3nccc(N4CCCCCC4)n3)C2)CC1. The Kier molecular flexibility index (Phi) is 8.74. The second kappa shape index (κ2) is 12.4. The smallest absolute Gasteiger partial charge is 0.356 e. The maximum atomic E-state index is 13.0. The number of likely N-dealkylation sites (tertiary alicyclic amines) is 2. The summed E-state index contributed by atoms with van der Waals surface area (Å²) in [6, 6.07) is 7.04. The predicted molar refractivity (Wildman–Crippen MR) is 146 cm³/mol. The van der Waals surface area contributed by atoms with Crippen LogP contribution in [0.4, 0.5) is 35.4 Å². The van der Waals surface area contributed by atoms with Gasteiger partial charge in [0.2, 0.25) is 5.95 Å². The second-order valence-corrected chi connectivity index (χ2v) is 10.8. The van der Waals surface area contributed by atoms with Crippen molar-refractivity contribution < 1.29 is 18.0 Å². The van der Waals surface area contributed by atoms with Crippen molar-refractivity contribution in [1.82, 2.24) is 19.8 Å². The average molecular weight is 546 g/mol. The first-order valence-corrected chi connectivity index (χ1v) is 14.2. The topological polar surface area (TPSA) is 76.6 Å². The molecule has 212 valence electrons. The third kappa shape index (κ3) is 7.32. The fourth-order valence-electron chi connectivity index (χ4n) is 5.94. The Labute approximate surface area is 228 Å². The van der Waals surface area contributed by atoms with Gasteiger partial charge in [-0.25, -0.2) is 9.78 Å². The molecule has 1 aromatic heterocycles. The molecule has 11 heteroatoms. The molecule has 39 heavy (non-hydrogen) atoms. The van der Waals surface area contributed by atoms with Gasteiger partial charge in [0.15, 0.2) is 0 Å². The van der Waals surface area contributed by atoms with Gasteiger partial charge in [-0.05, 0) is 69.3 Å². The number of nitrogens with zero attached hydrogens (tertiary/aromatic N) is 5. The Bertz CT molecular complexity index is 1100. The number of anilines is 3. The molecule has 3 aliphatic heterocycles. The summed E-state index contributed by atoms with van der Waals surface area (Å²) in [6.07, 6.45) is 6.19. The largest absolute Gasteiger partial charge is 0.416 e. The lowest BCUT2D eigenvalue weighted by atomic mass is 9.98. The number of halogens is 3. The first-order valence-electron chi connectivity index (χ1n) is 14.2. The van der Waals surface area contributed by atoms with Gasteiger partial charge in [-0.1, -0.05) is 18.9 Å². The lowest BCUT2D eigenvalue weighted by molar-refractivity contribution is -0.137. The lowest BCUT2D eigenvalue weighted by Crippen LogP contribution is -2.52. The van der Waals surface area contributed by atoms with Crippen molar-refractivity contribution in [2.24, 2.45) is 0 Å². The first-order chi connectivity index (χ1) is 18.8. The van der Waals surface area contributed by atoms with E-state index < -0.39 is 11.7 Å². The molecule has 4 heterocycles. The number of rotatable bonds is 5. The van der Waals surface area contributed by atoms with Gasteiger partial charge >= 0.3 is 12.2 Å². The molecule has 1 aromatic carbocycles. The van der Waals surface area contributed by atoms with Crippen molar-refractivity contribution in [3.63, 3.8) is 0 Å². The number of carbonyl (C=O) groups is 1. The molecule has 1 atom stereocenters. The number of alkyl halides is 3. The standard InChI is InChI=1S/C28H38F3N7O/c29-28(30,31)21-7-5-8-22(19-21)34-27(39)37-17-11-24(12-18-37)38-16-6-9-23(20-38)33-26-32-13-10-25(35-26)36-14-3-1-2-4-15-36/h5,7-8,10,13,19,23-24H,1-4,6,9,11-12,14-18,20H2,(H,34,39)(H,32,33,35). The van der Waals surface area contributed by atoms with Crippen LogP contribution in [-0.2, 0) is 6.18 Å². The van der Waals surface area contributed by atoms with Crippen molar-refractivity contribution in [2.45, 2.75) is 69.6 Å². The fourth-order valence-corrected chi connectivity index (χ4v) is 5.94. The number of hydrogen-bond acceptors (Lipinski definition) is 6. The number of aromatic nitrogens is 2. The van der Waals surface area contributed by atoms with Crippen LogP contribution in [0.2, 0.25) is 0 Å². The van der Waals surface area contributed by atoms with Gasteiger partial charge < -0.3 is 20.4 Å². The van der Waals surface area contributed by atoms with Crippen LogP contribution in [0.25, 0.3) is 0 Å². The molecule has 1 unspecified atom stereocenters. The highest BCUT2D eigenvalue weighted by molar-refractivity contribution is 5.89. The van der Waals surface area contributed by atoms with E-state index in [-0.39, 0.29) is 17.8 Å². The molecule has 2 N–H and O–H groups in total. The van der Waals surface area contributed by atoms with Crippen molar-refractivity contribution >= 4 is 23.5 Å². The van der Waals surface area contributed by atoms with Gasteiger partial charge in [0.1, 0.15) is 5.82 Å². The minimum Gasteiger partial charge on any atom is -0.356 e. The Morgan fingerprint density at radius 3 is 2.44 bits per heavy atom. The molecule has 8 nitrogen and oxygen atoms in total. The van der Waals surface area contributed by atoms with E-state index in [0.29, 0.717) is 25.1 Å². The summed E-state index contributed by atoms with van der Waals surface area (Å²) in [5, 5.41) is 6.20. The van der Waals surface area contributed by atoms with Crippen molar-refractivity contribution in [1.29, 1.82) is 0 Å². The number of carbonyl (C=O) groups excluding carboxylic acids is 1. The highest BCUT2D eigenvalue weighted by atomic mass is 19.4. The Morgan fingerprint density at radius 1 is 0.923 bits per heavy atom. The molecule has 0 aliphatic carbocycles. The summed E-state index contributed by atoms with van der Waals surface area (Å²) in [5.41, 5.74) is -0.615. The Hall–Kier alpha value is -3.08. The van der Waals surface area contributed by atoms with E-state index in [9.17, 15) is 18.0 Å². The molecule has 0 saturated carbocycles. The van der Waals surface area contributed by atoms with Crippen LogP contribution in [0.3, 0.4) is 0 Å². The van der Waals surface area contributed by atoms with Crippen LogP contribution in [-0.4, -0.2) is 77.2 Å². The summed E-state index contributed by atoms with van der Waals surface area (Å²) >= 11 is 0. The van der Waals surface area contributed by atoms with E-state index in [1.807, 2.05) is 12.3 Å². The number of urea groups is 1. The summed E-state index contributed by atoms with van der Waals surface area (Å²) in [7, 11) is 0. The monoisotopic (exact) mass is 545 g/mol. The second-order valence-electron chi connectivity index (χ2n) is 10.8. The van der Waals surface area contributed by atoms with Crippen molar-refractivity contribution in [3.8, 4) is 0 Å². The third-order valence-corrected chi connectivity index (χ3v) is 8.07. The van der Waals surface area contributed by atoms with E-state index in [0.717, 1.165) is 69.8 Å². The zero-order chi connectivity index (χ0) is 27.2. The van der Waals surface area contributed by atoms with Crippen LogP contribution < -0.4 is 15.5 Å². The molecule has 3 aliphatic rings. The Balaban J connectivity index is 1.11. The minimum atomic E-state index is -4.44. The zero-order valence-corrected chi connectivity index (χ0v) is 22.3. The van der Waals surface area contributed by atoms with Gasteiger partial charge in [0, 0.05) is 56.7 Å². The van der Waals surface area contributed by atoms with E-state index in [1.54, 1.807) is 4.90 Å². The van der Waals surface area contributed by atoms with Crippen molar-refractivity contribution in [2.75, 3.05) is 54.8 Å². The highest BCUT2D eigenvalue weighted by Crippen LogP contribution is 2.31. The summed E-state index contributed by atoms with van der Waals surface area (Å²) in [4.78, 5) is 28.6. The molecular formula is C28H38F3N7O. The Morgan fingerprint density at radius 2 is 1.69 bits per heavy atom. The maximum absolute atomic E-state index is 13.0. The highest BCUT2D eigenvalue weighted by Gasteiger charge is 2.32. The minimum absolute atomic E-state index is 0.157. The number of nitrogens with one attached hydrogen (secondary N) is 2. The van der Waals surface area contributed by atoms with Gasteiger partial charge in [-0.2, -0.15) is 18.2 Å². The molecule has 0 radical (unpaired) electrons. The first kappa shape index (κ1) is 27.5. The van der Waals surface area contributed by atoms with Crippen LogP contribution in [0.5, 0.6) is 0 Å². The molecule has 3 saturated heterocycles. The molecular weight excluding hydrogens is 507 g/mol. The summed E-state index contributed by atoms with van der Waals surface area (Å²) in [5.74, 6) is 1.68. The predicted octanol–water partition coefficient (Wildman–Crippen LogP) is 5.45. The number of piperidine rings is 2. The van der Waals surface area contributed by atoms with Gasteiger partial charge in [0.25, 0.3) is 0 Å². The lowest BCUT2D eigenvalue weighted by Gasteiger charge is -2.42. The molecule has 0 spiro atoms. The van der Waals surface area contributed by atoms with E-state index >= 15 is 0 Å². The summed E-state index contributed by atoms with van der Waals surface area (Å²) in [6.45, 7) is 5.16. The maximum Gasteiger partial charge on any atom is 0.416 e. The number of amides is 2. The van der Waals surface area contributed by atoms with Gasteiger partial charge in [0.05, 0.1) is 5.56 Å². The van der Waals surface area contributed by atoms with Crippen molar-refractivity contribution in [3.05, 3.63) is 42.1 Å². The van der Waals surface area contributed by atoms with Crippen LogP contribution in [0.15, 0.2) is 36.5 Å². The van der Waals surface area contributed by atoms with E-state index in [2.05, 4.69) is 25.4 Å². The van der Waals surface area contributed by atoms with Gasteiger partial charge in [-0.3, -0.25) is 4.90 Å². The van der Waals surface area contributed by atoms with E-state index in [4.69, 9.17) is 4.98 Å². The molecule has 2 aromatic rings. The summed E-state index contributed by atoms with van der Waals surface area (Å²) < 4.78 is 39.0. The van der Waals surface area contributed by atoms with Crippen LogP contribution in [0, 0.1) is 0 Å². The number of benzene rings is 1. The quantitative estimate of drug-likeness (QED) is 0.521. The molecule has 3 fully saturated rings. The average Bonchev–Trinajstić information content (AvgIpc) is 3.23. The third-order valence-electron chi connectivity index (χ3n) is 8.07. The van der Waals surface area contributed by atoms with E-state index in [1.165, 1.54) is 37.8 Å². The van der Waals surface area contributed by atoms with Gasteiger partial charge in [-0.15, -0.1) is 0 Å². The van der Waals surface area contributed by atoms with Crippen LogP contribution >= 0.6 is 0 Å². The normalized spacial score (nSPS) is 21.9. The fraction of sp³-hybridized carbons (Fsp3) is 0.607. The molecule has 2 amide bonds. The van der Waals surface area contributed by atoms with Crippen LogP contribution in [0.1, 0.15) is 56.9 Å².